The summed E-state index contributed by atoms with van der Waals surface area (Å²) in [6.07, 6.45) is 6.61. The average molecular weight is 364 g/mol. The molecule has 0 unspecified atom stereocenters. The van der Waals surface area contributed by atoms with Crippen LogP contribution in [0.5, 0.6) is 17.2 Å². The highest BCUT2D eigenvalue weighted by Gasteiger charge is 2.19. The summed E-state index contributed by atoms with van der Waals surface area (Å²) in [6, 6.07) is 3.62. The molecule has 136 valence electrons. The third-order valence-electron chi connectivity index (χ3n) is 4.37. The topological polar surface area (TPSA) is 66.6 Å². The summed E-state index contributed by atoms with van der Waals surface area (Å²) in [4.78, 5) is 0. The van der Waals surface area contributed by atoms with E-state index >= 15 is 0 Å². The second-order valence-electron chi connectivity index (χ2n) is 5.99. The van der Waals surface area contributed by atoms with Crippen molar-refractivity contribution in [2.45, 2.75) is 43.1 Å². The van der Waals surface area contributed by atoms with Gasteiger partial charge in [0.05, 0.1) is 27.1 Å². The quantitative estimate of drug-likeness (QED) is 0.724. The van der Waals surface area contributed by atoms with Gasteiger partial charge >= 0.3 is 0 Å². The number of methoxy groups -OCH3 is 3. The molecule has 1 saturated carbocycles. The number of hydrogen-bond acceptors (Lipinski definition) is 7. The normalized spacial score (nSPS) is 15.2. The Kier molecular flexibility index (Phi) is 6.07. The fourth-order valence-corrected chi connectivity index (χ4v) is 4.22. The van der Waals surface area contributed by atoms with Gasteiger partial charge in [-0.1, -0.05) is 19.3 Å². The van der Waals surface area contributed by atoms with Gasteiger partial charge in [0.15, 0.2) is 11.5 Å². The Morgan fingerprint density at radius 1 is 1.00 bits per heavy atom. The van der Waals surface area contributed by atoms with Gasteiger partial charge in [-0.25, -0.2) is 0 Å². The monoisotopic (exact) mass is 364 g/mol. The summed E-state index contributed by atoms with van der Waals surface area (Å²) in [5.74, 6) is 3.53. The standard InChI is InChI=1S/C18H24N2O4S/c1-21-14-9-12(10-15(22-2)17(14)23-3)18-20-19-16(24-18)11-25-13-7-5-4-6-8-13/h9-10,13H,4-8,11H2,1-3H3. The van der Waals surface area contributed by atoms with Gasteiger partial charge in [0.1, 0.15) is 0 Å². The summed E-state index contributed by atoms with van der Waals surface area (Å²) in [5, 5.41) is 9.07. The lowest BCUT2D eigenvalue weighted by molar-refractivity contribution is 0.324. The highest BCUT2D eigenvalue weighted by Crippen LogP contribution is 2.41. The first-order valence-electron chi connectivity index (χ1n) is 8.49. The second-order valence-corrected chi connectivity index (χ2v) is 7.27. The van der Waals surface area contributed by atoms with Gasteiger partial charge in [-0.3, -0.25) is 0 Å². The highest BCUT2D eigenvalue weighted by atomic mass is 32.2. The summed E-state index contributed by atoms with van der Waals surface area (Å²) in [5.41, 5.74) is 0.746. The molecule has 1 aromatic carbocycles. The zero-order chi connectivity index (χ0) is 17.6. The Labute approximate surface area is 152 Å². The van der Waals surface area contributed by atoms with E-state index in [0.29, 0.717) is 34.3 Å². The predicted molar refractivity (Wildman–Crippen MR) is 97.6 cm³/mol. The van der Waals surface area contributed by atoms with E-state index < -0.39 is 0 Å². The number of thioether (sulfide) groups is 1. The number of aromatic nitrogens is 2. The largest absolute Gasteiger partial charge is 0.493 e. The molecule has 1 heterocycles. The van der Waals surface area contributed by atoms with Gasteiger partial charge < -0.3 is 18.6 Å². The molecule has 1 aliphatic rings. The molecule has 0 saturated heterocycles. The second kappa shape index (κ2) is 8.47. The van der Waals surface area contributed by atoms with E-state index in [2.05, 4.69) is 10.2 Å². The Morgan fingerprint density at radius 2 is 1.68 bits per heavy atom. The predicted octanol–water partition coefficient (Wildman–Crippen LogP) is 4.33. The van der Waals surface area contributed by atoms with Crippen LogP contribution in [0.2, 0.25) is 0 Å². The van der Waals surface area contributed by atoms with Crippen LogP contribution in [0.25, 0.3) is 11.5 Å². The molecule has 0 atom stereocenters. The van der Waals surface area contributed by atoms with Gasteiger partial charge in [0.25, 0.3) is 0 Å². The zero-order valence-corrected chi connectivity index (χ0v) is 15.7. The number of ether oxygens (including phenoxy) is 3. The van der Waals surface area contributed by atoms with Crippen molar-refractivity contribution in [1.82, 2.24) is 10.2 Å². The number of rotatable bonds is 7. The first-order valence-corrected chi connectivity index (χ1v) is 9.54. The van der Waals surface area contributed by atoms with Gasteiger partial charge in [0, 0.05) is 10.8 Å². The molecular weight excluding hydrogens is 340 g/mol. The minimum Gasteiger partial charge on any atom is -0.493 e. The Morgan fingerprint density at radius 3 is 2.28 bits per heavy atom. The maximum absolute atomic E-state index is 5.84. The lowest BCUT2D eigenvalue weighted by Crippen LogP contribution is -2.08. The molecule has 2 aromatic rings. The van der Waals surface area contributed by atoms with Crippen molar-refractivity contribution in [2.24, 2.45) is 0 Å². The third-order valence-corrected chi connectivity index (χ3v) is 5.73. The van der Waals surface area contributed by atoms with Crippen molar-refractivity contribution in [3.8, 4) is 28.7 Å². The molecule has 0 N–H and O–H groups in total. The van der Waals surface area contributed by atoms with Crippen LogP contribution in [0.3, 0.4) is 0 Å². The van der Waals surface area contributed by atoms with Crippen LogP contribution in [-0.4, -0.2) is 36.8 Å². The maximum atomic E-state index is 5.84. The van der Waals surface area contributed by atoms with E-state index in [4.69, 9.17) is 18.6 Å². The molecule has 0 aliphatic heterocycles. The molecule has 0 amide bonds. The Hall–Kier alpha value is -1.89. The van der Waals surface area contributed by atoms with E-state index in [1.54, 1.807) is 21.3 Å². The van der Waals surface area contributed by atoms with Crippen LogP contribution in [0.1, 0.15) is 38.0 Å². The van der Waals surface area contributed by atoms with Crippen molar-refractivity contribution in [3.05, 3.63) is 18.0 Å². The average Bonchev–Trinajstić information content (AvgIpc) is 3.15. The summed E-state index contributed by atoms with van der Waals surface area (Å²) in [6.45, 7) is 0. The van der Waals surface area contributed by atoms with Crippen LogP contribution < -0.4 is 14.2 Å². The smallest absolute Gasteiger partial charge is 0.248 e. The molecule has 0 bridgehead atoms. The number of hydrogen-bond donors (Lipinski definition) is 0. The molecule has 0 spiro atoms. The summed E-state index contributed by atoms with van der Waals surface area (Å²) >= 11 is 1.91. The molecule has 1 fully saturated rings. The van der Waals surface area contributed by atoms with Crippen LogP contribution in [0.4, 0.5) is 0 Å². The van der Waals surface area contributed by atoms with Crippen molar-refractivity contribution in [1.29, 1.82) is 0 Å². The van der Waals surface area contributed by atoms with Crippen LogP contribution >= 0.6 is 11.8 Å². The van der Waals surface area contributed by atoms with Crippen molar-refractivity contribution in [2.75, 3.05) is 21.3 Å². The lowest BCUT2D eigenvalue weighted by atomic mass is 10.0. The van der Waals surface area contributed by atoms with E-state index in [9.17, 15) is 0 Å². The van der Waals surface area contributed by atoms with E-state index in [-0.39, 0.29) is 0 Å². The van der Waals surface area contributed by atoms with Crippen LogP contribution in [0, 0.1) is 0 Å². The first-order chi connectivity index (χ1) is 12.2. The molecule has 1 aliphatic carbocycles. The van der Waals surface area contributed by atoms with Gasteiger partial charge in [0.2, 0.25) is 17.5 Å². The molecule has 1 aromatic heterocycles. The number of benzene rings is 1. The third kappa shape index (κ3) is 4.21. The number of nitrogens with zero attached hydrogens (tertiary/aromatic N) is 2. The fourth-order valence-electron chi connectivity index (χ4n) is 3.05. The van der Waals surface area contributed by atoms with Gasteiger partial charge in [-0.05, 0) is 25.0 Å². The summed E-state index contributed by atoms with van der Waals surface area (Å²) in [7, 11) is 4.75. The summed E-state index contributed by atoms with van der Waals surface area (Å²) < 4.78 is 21.9. The van der Waals surface area contributed by atoms with Crippen molar-refractivity contribution < 1.29 is 18.6 Å². The molecular formula is C18H24N2O4S. The van der Waals surface area contributed by atoms with Crippen molar-refractivity contribution in [3.63, 3.8) is 0 Å². The first kappa shape index (κ1) is 17.9. The molecule has 0 radical (unpaired) electrons. The van der Waals surface area contributed by atoms with E-state index in [1.165, 1.54) is 32.1 Å². The molecule has 3 rings (SSSR count). The fraction of sp³-hybridized carbons (Fsp3) is 0.556. The Balaban J connectivity index is 1.74. The van der Waals surface area contributed by atoms with Crippen molar-refractivity contribution >= 4 is 11.8 Å². The molecule has 25 heavy (non-hydrogen) atoms. The lowest BCUT2D eigenvalue weighted by Gasteiger charge is -2.19. The molecule has 7 heteroatoms. The van der Waals surface area contributed by atoms with Crippen LogP contribution in [-0.2, 0) is 5.75 Å². The molecule has 6 nitrogen and oxygen atoms in total. The maximum Gasteiger partial charge on any atom is 0.248 e. The van der Waals surface area contributed by atoms with Gasteiger partial charge in [-0.15, -0.1) is 22.0 Å². The highest BCUT2D eigenvalue weighted by molar-refractivity contribution is 7.99. The SMILES string of the molecule is COc1cc(-c2nnc(CSC3CCCCC3)o2)cc(OC)c1OC. The minimum atomic E-state index is 0.457. The van der Waals surface area contributed by atoms with Gasteiger partial charge in [-0.2, -0.15) is 0 Å². The van der Waals surface area contributed by atoms with E-state index in [0.717, 1.165) is 11.3 Å². The van der Waals surface area contributed by atoms with Crippen LogP contribution in [0.15, 0.2) is 16.5 Å². The minimum absolute atomic E-state index is 0.457. The Bertz CT molecular complexity index is 673. The van der Waals surface area contributed by atoms with E-state index in [1.807, 2.05) is 23.9 Å². The zero-order valence-electron chi connectivity index (χ0n) is 14.9.